The van der Waals surface area contributed by atoms with Gasteiger partial charge in [0.1, 0.15) is 11.5 Å². The molecule has 86 valence electrons. The summed E-state index contributed by atoms with van der Waals surface area (Å²) in [5.74, 6) is -1.49. The summed E-state index contributed by atoms with van der Waals surface area (Å²) in [6.45, 7) is 0. The van der Waals surface area contributed by atoms with Gasteiger partial charge in [-0.05, 0) is 6.07 Å². The third-order valence-electron chi connectivity index (χ3n) is 2.02. The fraction of sp³-hybridized carbons (Fsp3) is 0.222. The molecule has 0 aliphatic carbocycles. The van der Waals surface area contributed by atoms with Gasteiger partial charge >= 0.3 is 5.97 Å². The lowest BCUT2D eigenvalue weighted by Crippen LogP contribution is -2.10. The van der Waals surface area contributed by atoms with Crippen LogP contribution in [0.1, 0.15) is 5.56 Å². The third kappa shape index (κ3) is 2.25. The lowest BCUT2D eigenvalue weighted by atomic mass is 10.1. The van der Waals surface area contributed by atoms with Gasteiger partial charge in [-0.15, -0.1) is 0 Å². The number of nitrogens with two attached hydrogens (primary N) is 1. The standard InChI is InChI=1S/C9H9FN2O4/c1-16-8(13)4-5-6(10)2-3-7(9(5)11)12(14)15/h2-3H,4,11H2,1H3. The molecule has 0 atom stereocenters. The minimum atomic E-state index is -0.770. The van der Waals surface area contributed by atoms with Crippen molar-refractivity contribution in [2.45, 2.75) is 6.42 Å². The molecule has 0 aliphatic rings. The van der Waals surface area contributed by atoms with Crippen LogP contribution in [0.3, 0.4) is 0 Å². The van der Waals surface area contributed by atoms with Gasteiger partial charge in [-0.25, -0.2) is 4.39 Å². The first kappa shape index (κ1) is 11.9. The van der Waals surface area contributed by atoms with Crippen LogP contribution in [0.5, 0.6) is 0 Å². The van der Waals surface area contributed by atoms with Crippen LogP contribution in [-0.4, -0.2) is 18.0 Å². The Balaban J connectivity index is 3.21. The Bertz CT molecular complexity index is 447. The smallest absolute Gasteiger partial charge is 0.310 e. The van der Waals surface area contributed by atoms with Crippen LogP contribution in [0.25, 0.3) is 0 Å². The second-order valence-corrected chi connectivity index (χ2v) is 2.97. The molecule has 0 bridgehead atoms. The first-order chi connectivity index (χ1) is 7.47. The van der Waals surface area contributed by atoms with E-state index in [-0.39, 0.29) is 11.3 Å². The number of rotatable bonds is 3. The highest BCUT2D eigenvalue weighted by Gasteiger charge is 2.20. The molecule has 7 heteroatoms. The molecule has 0 amide bonds. The number of halogens is 1. The van der Waals surface area contributed by atoms with E-state index in [0.29, 0.717) is 0 Å². The lowest BCUT2D eigenvalue weighted by molar-refractivity contribution is -0.384. The van der Waals surface area contributed by atoms with Crippen molar-refractivity contribution in [2.24, 2.45) is 0 Å². The summed E-state index contributed by atoms with van der Waals surface area (Å²) >= 11 is 0. The molecule has 16 heavy (non-hydrogen) atoms. The minimum Gasteiger partial charge on any atom is -0.469 e. The Morgan fingerprint density at radius 3 is 2.75 bits per heavy atom. The first-order valence-corrected chi connectivity index (χ1v) is 4.25. The minimum absolute atomic E-state index is 0.221. The summed E-state index contributed by atoms with van der Waals surface area (Å²) in [6.07, 6.45) is -0.435. The van der Waals surface area contributed by atoms with Crippen molar-refractivity contribution in [1.82, 2.24) is 0 Å². The van der Waals surface area contributed by atoms with Gasteiger partial charge in [-0.3, -0.25) is 14.9 Å². The van der Waals surface area contributed by atoms with Gasteiger partial charge in [0.2, 0.25) is 0 Å². The number of esters is 1. The van der Waals surface area contributed by atoms with E-state index in [1.54, 1.807) is 0 Å². The fourth-order valence-corrected chi connectivity index (χ4v) is 1.18. The van der Waals surface area contributed by atoms with E-state index in [4.69, 9.17) is 5.73 Å². The van der Waals surface area contributed by atoms with Gasteiger partial charge in [-0.2, -0.15) is 0 Å². The number of benzene rings is 1. The molecule has 6 nitrogen and oxygen atoms in total. The summed E-state index contributed by atoms with van der Waals surface area (Å²) in [4.78, 5) is 20.7. The maximum absolute atomic E-state index is 13.3. The first-order valence-electron chi connectivity index (χ1n) is 4.25. The molecular formula is C9H9FN2O4. The van der Waals surface area contributed by atoms with Crippen LogP contribution in [-0.2, 0) is 16.0 Å². The molecule has 0 radical (unpaired) electrons. The zero-order chi connectivity index (χ0) is 12.3. The molecule has 2 N–H and O–H groups in total. The van der Waals surface area contributed by atoms with Crippen molar-refractivity contribution < 1.29 is 18.8 Å². The van der Waals surface area contributed by atoms with E-state index in [0.717, 1.165) is 19.2 Å². The highest BCUT2D eigenvalue weighted by molar-refractivity contribution is 5.77. The average molecular weight is 228 g/mol. The number of ether oxygens (including phenoxy) is 1. The van der Waals surface area contributed by atoms with E-state index in [1.807, 2.05) is 0 Å². The number of nitro groups is 1. The Labute approximate surface area is 90.0 Å². The zero-order valence-electron chi connectivity index (χ0n) is 8.40. The number of nitrogen functional groups attached to an aromatic ring is 1. The number of hydrogen-bond acceptors (Lipinski definition) is 5. The maximum Gasteiger partial charge on any atom is 0.310 e. The summed E-state index contributed by atoms with van der Waals surface area (Å²) in [7, 11) is 1.13. The molecule has 1 aromatic rings. The number of methoxy groups -OCH3 is 1. The Morgan fingerprint density at radius 2 is 2.25 bits per heavy atom. The van der Waals surface area contributed by atoms with Crippen molar-refractivity contribution in [2.75, 3.05) is 12.8 Å². The summed E-state index contributed by atoms with van der Waals surface area (Å²) in [5, 5.41) is 10.5. The van der Waals surface area contributed by atoms with E-state index in [9.17, 15) is 19.3 Å². The number of carbonyl (C=O) groups excluding carboxylic acids is 1. The normalized spacial score (nSPS) is 9.88. The van der Waals surface area contributed by atoms with Crippen LogP contribution in [0.2, 0.25) is 0 Å². The van der Waals surface area contributed by atoms with Crippen molar-refractivity contribution in [1.29, 1.82) is 0 Å². The van der Waals surface area contributed by atoms with Gasteiger partial charge in [0.05, 0.1) is 18.5 Å². The second-order valence-electron chi connectivity index (χ2n) is 2.97. The molecule has 0 fully saturated rings. The van der Waals surface area contributed by atoms with Crippen molar-refractivity contribution in [3.8, 4) is 0 Å². The van der Waals surface area contributed by atoms with E-state index in [1.165, 1.54) is 0 Å². The number of anilines is 1. The number of carbonyl (C=O) groups is 1. The van der Waals surface area contributed by atoms with Gasteiger partial charge < -0.3 is 10.5 Å². The summed E-state index contributed by atoms with van der Waals surface area (Å²) in [6, 6.07) is 1.85. The lowest BCUT2D eigenvalue weighted by Gasteiger charge is -2.06. The second kappa shape index (κ2) is 4.56. The molecule has 1 rings (SSSR count). The zero-order valence-corrected chi connectivity index (χ0v) is 8.40. The largest absolute Gasteiger partial charge is 0.469 e. The Morgan fingerprint density at radius 1 is 1.62 bits per heavy atom. The van der Waals surface area contributed by atoms with Crippen LogP contribution >= 0.6 is 0 Å². The quantitative estimate of drug-likeness (QED) is 0.361. The predicted molar refractivity (Wildman–Crippen MR) is 53.2 cm³/mol. The van der Waals surface area contributed by atoms with Gasteiger partial charge in [0.25, 0.3) is 5.69 Å². The molecule has 0 saturated heterocycles. The van der Waals surface area contributed by atoms with Crippen LogP contribution in [0.15, 0.2) is 12.1 Å². The van der Waals surface area contributed by atoms with Crippen molar-refractivity contribution >= 4 is 17.3 Å². The molecule has 0 heterocycles. The third-order valence-corrected chi connectivity index (χ3v) is 2.02. The topological polar surface area (TPSA) is 95.5 Å². The number of nitro benzene ring substituents is 1. The highest BCUT2D eigenvalue weighted by Crippen LogP contribution is 2.27. The molecule has 0 aromatic heterocycles. The molecule has 0 aliphatic heterocycles. The van der Waals surface area contributed by atoms with Crippen molar-refractivity contribution in [3.05, 3.63) is 33.6 Å². The number of nitrogens with zero attached hydrogens (tertiary/aromatic N) is 1. The maximum atomic E-state index is 13.3. The SMILES string of the molecule is COC(=O)Cc1c(F)ccc([N+](=O)[O-])c1N. The van der Waals surface area contributed by atoms with Gasteiger partial charge in [0, 0.05) is 11.6 Å². The number of hydrogen-bond donors (Lipinski definition) is 1. The van der Waals surface area contributed by atoms with E-state index >= 15 is 0 Å². The van der Waals surface area contributed by atoms with Crippen molar-refractivity contribution in [3.63, 3.8) is 0 Å². The van der Waals surface area contributed by atoms with Crippen LogP contribution < -0.4 is 5.73 Å². The molecule has 0 unspecified atom stereocenters. The van der Waals surface area contributed by atoms with E-state index in [2.05, 4.69) is 4.74 Å². The molecule has 0 spiro atoms. The van der Waals surface area contributed by atoms with Crippen LogP contribution in [0, 0.1) is 15.9 Å². The summed E-state index contributed by atoms with van der Waals surface area (Å²) in [5.41, 5.74) is 4.40. The Kier molecular flexibility index (Phi) is 3.39. The predicted octanol–water partition coefficient (Wildman–Crippen LogP) is 1.03. The van der Waals surface area contributed by atoms with E-state index < -0.39 is 28.8 Å². The average Bonchev–Trinajstić information content (AvgIpc) is 2.23. The Hall–Kier alpha value is -2.18. The molecular weight excluding hydrogens is 219 g/mol. The summed E-state index contributed by atoms with van der Waals surface area (Å²) < 4.78 is 17.6. The monoisotopic (exact) mass is 228 g/mol. The van der Waals surface area contributed by atoms with Crippen LogP contribution in [0.4, 0.5) is 15.8 Å². The highest BCUT2D eigenvalue weighted by atomic mass is 19.1. The molecule has 1 aromatic carbocycles. The van der Waals surface area contributed by atoms with Gasteiger partial charge in [0.15, 0.2) is 0 Å². The molecule has 0 saturated carbocycles. The fourth-order valence-electron chi connectivity index (χ4n) is 1.18. The van der Waals surface area contributed by atoms with Gasteiger partial charge in [-0.1, -0.05) is 0 Å².